The fraction of sp³-hybridized carbons (Fsp3) is 0.304. The SMILES string of the molecule is CN/C=C(\C=N)c1ccc(Nc2ncc3ccnc(N4CCOC(CO)C4)c3n2)c(OC)c1. The number of ether oxygens (including phenoxy) is 2. The molecular formula is C23H27N7O3. The Morgan fingerprint density at radius 1 is 1.36 bits per heavy atom. The Bertz CT molecular complexity index is 1170. The van der Waals surface area contributed by atoms with E-state index in [1.165, 1.54) is 6.21 Å². The van der Waals surface area contributed by atoms with Gasteiger partial charge in [-0.15, -0.1) is 0 Å². The van der Waals surface area contributed by atoms with E-state index in [1.54, 1.807) is 32.8 Å². The van der Waals surface area contributed by atoms with Crippen LogP contribution in [0.1, 0.15) is 5.56 Å². The van der Waals surface area contributed by atoms with Crippen molar-refractivity contribution in [3.8, 4) is 5.75 Å². The number of methoxy groups -OCH3 is 1. The fourth-order valence-corrected chi connectivity index (χ4v) is 3.71. The summed E-state index contributed by atoms with van der Waals surface area (Å²) < 4.78 is 11.1. The number of aliphatic hydroxyl groups is 1. The highest BCUT2D eigenvalue weighted by Crippen LogP contribution is 2.31. The van der Waals surface area contributed by atoms with Gasteiger partial charge in [0.2, 0.25) is 5.95 Å². The van der Waals surface area contributed by atoms with Crippen LogP contribution in [0.15, 0.2) is 42.9 Å². The first-order chi connectivity index (χ1) is 16.2. The quantitative estimate of drug-likeness (QED) is 0.383. The minimum absolute atomic E-state index is 0.0396. The smallest absolute Gasteiger partial charge is 0.227 e. The molecule has 0 spiro atoms. The summed E-state index contributed by atoms with van der Waals surface area (Å²) in [6.45, 7) is 1.69. The van der Waals surface area contributed by atoms with E-state index < -0.39 is 0 Å². The lowest BCUT2D eigenvalue weighted by molar-refractivity contribution is 0.00343. The molecule has 0 aliphatic carbocycles. The highest BCUT2D eigenvalue weighted by molar-refractivity contribution is 6.08. The number of aromatic nitrogens is 3. The number of allylic oxidation sites excluding steroid dienone is 1. The number of fused-ring (bicyclic) bond motifs is 1. The zero-order valence-corrected chi connectivity index (χ0v) is 18.6. The molecule has 33 heavy (non-hydrogen) atoms. The van der Waals surface area contributed by atoms with Gasteiger partial charge in [-0.3, -0.25) is 0 Å². The Labute approximate surface area is 191 Å². The van der Waals surface area contributed by atoms with Crippen LogP contribution in [0.25, 0.3) is 16.5 Å². The third-order valence-electron chi connectivity index (χ3n) is 5.36. The Balaban J connectivity index is 1.66. The summed E-state index contributed by atoms with van der Waals surface area (Å²) in [7, 11) is 3.38. The summed E-state index contributed by atoms with van der Waals surface area (Å²) in [4.78, 5) is 15.8. The van der Waals surface area contributed by atoms with E-state index in [9.17, 15) is 5.11 Å². The first kappa shape index (κ1) is 22.4. The van der Waals surface area contributed by atoms with Crippen molar-refractivity contribution in [1.29, 1.82) is 5.41 Å². The highest BCUT2D eigenvalue weighted by atomic mass is 16.5. The molecule has 172 valence electrons. The summed E-state index contributed by atoms with van der Waals surface area (Å²) >= 11 is 0. The van der Waals surface area contributed by atoms with Crippen molar-refractivity contribution in [1.82, 2.24) is 20.3 Å². The lowest BCUT2D eigenvalue weighted by Crippen LogP contribution is -2.44. The minimum Gasteiger partial charge on any atom is -0.495 e. The normalized spacial score (nSPS) is 16.5. The van der Waals surface area contributed by atoms with Crippen LogP contribution in [-0.4, -0.2) is 72.8 Å². The summed E-state index contributed by atoms with van der Waals surface area (Å²) in [5, 5.41) is 24.2. The van der Waals surface area contributed by atoms with Gasteiger partial charge in [-0.2, -0.15) is 0 Å². The number of anilines is 3. The molecule has 4 N–H and O–H groups in total. The number of morpholine rings is 1. The molecule has 1 aliphatic heterocycles. The molecule has 1 atom stereocenters. The number of hydrogen-bond donors (Lipinski definition) is 4. The molecule has 4 rings (SSSR count). The molecule has 1 aromatic carbocycles. The molecule has 3 aromatic rings. The van der Waals surface area contributed by atoms with Crippen LogP contribution in [0, 0.1) is 5.41 Å². The van der Waals surface area contributed by atoms with Gasteiger partial charge in [-0.25, -0.2) is 15.0 Å². The molecule has 2 aromatic heterocycles. The van der Waals surface area contributed by atoms with Crippen molar-refractivity contribution in [2.24, 2.45) is 0 Å². The summed E-state index contributed by atoms with van der Waals surface area (Å²) in [6.07, 6.45) is 6.28. The average Bonchev–Trinajstić information content (AvgIpc) is 2.87. The summed E-state index contributed by atoms with van der Waals surface area (Å²) in [5.41, 5.74) is 2.99. The van der Waals surface area contributed by atoms with Crippen molar-refractivity contribution < 1.29 is 14.6 Å². The second kappa shape index (κ2) is 10.2. The van der Waals surface area contributed by atoms with Gasteiger partial charge >= 0.3 is 0 Å². The first-order valence-corrected chi connectivity index (χ1v) is 10.6. The topological polar surface area (TPSA) is 129 Å². The molecule has 1 unspecified atom stereocenters. The monoisotopic (exact) mass is 449 g/mol. The van der Waals surface area contributed by atoms with Crippen molar-refractivity contribution in [2.45, 2.75) is 6.10 Å². The molecular weight excluding hydrogens is 422 g/mol. The van der Waals surface area contributed by atoms with E-state index >= 15 is 0 Å². The predicted octanol–water partition coefficient (Wildman–Crippen LogP) is 2.18. The average molecular weight is 450 g/mol. The Kier molecular flexibility index (Phi) is 6.96. The maximum absolute atomic E-state index is 9.49. The molecule has 0 radical (unpaired) electrons. The van der Waals surface area contributed by atoms with E-state index in [2.05, 4.69) is 25.5 Å². The van der Waals surface area contributed by atoms with E-state index in [4.69, 9.17) is 19.9 Å². The van der Waals surface area contributed by atoms with Crippen LogP contribution in [0.5, 0.6) is 5.75 Å². The van der Waals surface area contributed by atoms with Crippen LogP contribution in [0.2, 0.25) is 0 Å². The number of pyridine rings is 1. The summed E-state index contributed by atoms with van der Waals surface area (Å²) in [5.74, 6) is 1.74. The van der Waals surface area contributed by atoms with Crippen LogP contribution in [0.4, 0.5) is 17.5 Å². The number of rotatable bonds is 8. The fourth-order valence-electron chi connectivity index (χ4n) is 3.71. The number of hydrogen-bond acceptors (Lipinski definition) is 10. The van der Waals surface area contributed by atoms with Gasteiger partial charge in [0.25, 0.3) is 0 Å². The molecule has 1 fully saturated rings. The highest BCUT2D eigenvalue weighted by Gasteiger charge is 2.23. The van der Waals surface area contributed by atoms with Crippen LogP contribution >= 0.6 is 0 Å². The second-order valence-electron chi connectivity index (χ2n) is 7.46. The molecule has 0 amide bonds. The molecule has 0 bridgehead atoms. The molecule has 1 saturated heterocycles. The van der Waals surface area contributed by atoms with E-state index in [-0.39, 0.29) is 12.7 Å². The van der Waals surface area contributed by atoms with E-state index in [1.807, 2.05) is 24.3 Å². The van der Waals surface area contributed by atoms with Crippen LogP contribution < -0.4 is 20.3 Å². The molecule has 3 heterocycles. The van der Waals surface area contributed by atoms with E-state index in [0.717, 1.165) is 22.3 Å². The van der Waals surface area contributed by atoms with Gasteiger partial charge < -0.3 is 35.5 Å². The lowest BCUT2D eigenvalue weighted by atomic mass is 10.1. The minimum atomic E-state index is -0.249. The molecule has 10 nitrogen and oxygen atoms in total. The Morgan fingerprint density at radius 3 is 3.00 bits per heavy atom. The van der Waals surface area contributed by atoms with Gasteiger partial charge in [0.05, 0.1) is 32.1 Å². The first-order valence-electron chi connectivity index (χ1n) is 10.6. The van der Waals surface area contributed by atoms with Crippen molar-refractivity contribution in [2.75, 3.05) is 50.7 Å². The zero-order chi connectivity index (χ0) is 23.2. The van der Waals surface area contributed by atoms with Gasteiger partial charge in [0, 0.05) is 55.9 Å². The van der Waals surface area contributed by atoms with E-state index in [0.29, 0.717) is 42.6 Å². The van der Waals surface area contributed by atoms with Gasteiger partial charge in [-0.05, 0) is 23.8 Å². The number of benzene rings is 1. The third-order valence-corrected chi connectivity index (χ3v) is 5.36. The van der Waals surface area contributed by atoms with Gasteiger partial charge in [0.1, 0.15) is 11.3 Å². The molecule has 10 heteroatoms. The standard InChI is InChI=1S/C23H27N7O3/c1-25-11-17(10-24)15-3-4-19(20(9-15)32-2)28-23-27-12-16-5-6-26-22(21(16)29-23)30-7-8-33-18(13-30)14-31/h3-6,9-12,18,24-25,31H,7-8,13-14H2,1-2H3,(H,27,28,29)/b17-11+,24-10?. The Morgan fingerprint density at radius 2 is 2.24 bits per heavy atom. The summed E-state index contributed by atoms with van der Waals surface area (Å²) in [6, 6.07) is 7.49. The van der Waals surface area contributed by atoms with Crippen LogP contribution in [0.3, 0.4) is 0 Å². The maximum atomic E-state index is 9.49. The Hall–Kier alpha value is -3.76. The lowest BCUT2D eigenvalue weighted by Gasteiger charge is -2.33. The third kappa shape index (κ3) is 4.86. The predicted molar refractivity (Wildman–Crippen MR) is 128 cm³/mol. The maximum Gasteiger partial charge on any atom is 0.227 e. The number of nitrogens with one attached hydrogen (secondary N) is 3. The molecule has 0 saturated carbocycles. The van der Waals surface area contributed by atoms with Crippen LogP contribution in [-0.2, 0) is 4.74 Å². The largest absolute Gasteiger partial charge is 0.495 e. The van der Waals surface area contributed by atoms with Crippen molar-refractivity contribution >= 4 is 40.1 Å². The number of aliphatic hydroxyl groups excluding tert-OH is 1. The van der Waals surface area contributed by atoms with Gasteiger partial charge in [0.15, 0.2) is 5.82 Å². The second-order valence-corrected chi connectivity index (χ2v) is 7.46. The molecule has 1 aliphatic rings. The zero-order valence-electron chi connectivity index (χ0n) is 18.6. The van der Waals surface area contributed by atoms with Crippen molar-refractivity contribution in [3.05, 3.63) is 48.4 Å². The van der Waals surface area contributed by atoms with Gasteiger partial charge in [-0.1, -0.05) is 6.07 Å². The number of nitrogens with zero attached hydrogens (tertiary/aromatic N) is 4. The van der Waals surface area contributed by atoms with Crippen molar-refractivity contribution in [3.63, 3.8) is 0 Å².